The third-order valence-electron chi connectivity index (χ3n) is 4.36. The number of para-hydroxylation sites is 1. The molecule has 140 valence electrons. The Morgan fingerprint density at radius 2 is 1.93 bits per heavy atom. The number of nitrogens with one attached hydrogen (secondary N) is 2. The molecule has 3 aromatic rings. The van der Waals surface area contributed by atoms with Crippen LogP contribution in [0.25, 0.3) is 0 Å². The van der Waals surface area contributed by atoms with Crippen molar-refractivity contribution in [1.29, 1.82) is 0 Å². The van der Waals surface area contributed by atoms with Crippen LogP contribution >= 0.6 is 0 Å². The lowest BCUT2D eigenvalue weighted by Crippen LogP contribution is -2.18. The summed E-state index contributed by atoms with van der Waals surface area (Å²) in [5.74, 6) is -0.302. The van der Waals surface area contributed by atoms with Crippen molar-refractivity contribution in [3.8, 4) is 5.75 Å². The molecule has 27 heavy (non-hydrogen) atoms. The maximum Gasteiger partial charge on any atom is 0.306 e. The number of hydrogen-bond donors (Lipinski definition) is 2. The van der Waals surface area contributed by atoms with Crippen LogP contribution in [0, 0.1) is 6.92 Å². The minimum absolute atomic E-state index is 0.0300. The number of hydrogen-bond acceptors (Lipinski definition) is 5. The minimum atomic E-state index is -0.493. The molecule has 0 bridgehead atoms. The molecular formula is C20H21N3O4. The summed E-state index contributed by atoms with van der Waals surface area (Å²) in [5, 5.41) is 5.39. The molecule has 2 heterocycles. The lowest BCUT2D eigenvalue weighted by Gasteiger charge is -2.19. The van der Waals surface area contributed by atoms with E-state index >= 15 is 0 Å². The predicted octanol–water partition coefficient (Wildman–Crippen LogP) is 2.68. The summed E-state index contributed by atoms with van der Waals surface area (Å²) in [6, 6.07) is 13.0. The molecule has 0 fully saturated rings. The lowest BCUT2D eigenvalue weighted by molar-refractivity contribution is -0.140. The fraction of sp³-hybridized carbons (Fsp3) is 0.250. The van der Waals surface area contributed by atoms with Gasteiger partial charge >= 0.3 is 5.97 Å². The second kappa shape index (κ2) is 8.35. The smallest absolute Gasteiger partial charge is 0.306 e. The van der Waals surface area contributed by atoms with Crippen LogP contribution in [-0.2, 0) is 16.1 Å². The number of esters is 1. The third kappa shape index (κ3) is 4.25. The topological polar surface area (TPSA) is 97.1 Å². The highest BCUT2D eigenvalue weighted by molar-refractivity contribution is 5.71. The summed E-state index contributed by atoms with van der Waals surface area (Å²) >= 11 is 0. The first-order valence-corrected chi connectivity index (χ1v) is 8.55. The molecule has 7 heteroatoms. The van der Waals surface area contributed by atoms with Crippen LogP contribution in [0.15, 0.2) is 53.5 Å². The number of nitrogens with zero attached hydrogens (tertiary/aromatic N) is 1. The fourth-order valence-electron chi connectivity index (χ4n) is 3.03. The van der Waals surface area contributed by atoms with E-state index in [0.29, 0.717) is 17.0 Å². The Morgan fingerprint density at radius 1 is 1.15 bits per heavy atom. The van der Waals surface area contributed by atoms with Crippen LogP contribution < -0.4 is 10.3 Å². The summed E-state index contributed by atoms with van der Waals surface area (Å²) in [7, 11) is 1.33. The predicted molar refractivity (Wildman–Crippen MR) is 99.6 cm³/mol. The van der Waals surface area contributed by atoms with E-state index in [0.717, 1.165) is 11.3 Å². The number of ether oxygens (including phenoxy) is 2. The monoisotopic (exact) mass is 367 g/mol. The molecule has 7 nitrogen and oxygen atoms in total. The maximum atomic E-state index is 12.3. The van der Waals surface area contributed by atoms with Crippen molar-refractivity contribution in [3.63, 3.8) is 0 Å². The number of carbonyl (C=O) groups excluding carboxylic acids is 1. The van der Waals surface area contributed by atoms with E-state index in [1.165, 1.54) is 7.11 Å². The standard InChI is InChI=1S/C20H21N3O4/c1-13-19(20(25)23-22-13)16(11-18(24)26-2)15-8-3-4-9-17(15)27-12-14-7-5-6-10-21-14/h3-10,16H,11-12H2,1-2H3,(H2,22,23,25). The number of H-pyrrole nitrogens is 2. The molecule has 2 aromatic heterocycles. The van der Waals surface area contributed by atoms with Crippen LogP contribution in [0.4, 0.5) is 0 Å². The maximum absolute atomic E-state index is 12.3. The molecule has 0 amide bonds. The van der Waals surface area contributed by atoms with E-state index in [2.05, 4.69) is 15.2 Å². The van der Waals surface area contributed by atoms with Gasteiger partial charge in [0, 0.05) is 28.9 Å². The molecule has 1 aromatic carbocycles. The zero-order valence-electron chi connectivity index (χ0n) is 15.2. The lowest BCUT2D eigenvalue weighted by atomic mass is 9.88. The molecule has 0 radical (unpaired) electrons. The molecule has 1 unspecified atom stereocenters. The Kier molecular flexibility index (Phi) is 5.71. The molecular weight excluding hydrogens is 346 g/mol. The van der Waals surface area contributed by atoms with E-state index in [-0.39, 0.29) is 18.6 Å². The molecule has 0 aliphatic heterocycles. The average molecular weight is 367 g/mol. The summed E-state index contributed by atoms with van der Waals surface area (Å²) in [6.07, 6.45) is 1.73. The van der Waals surface area contributed by atoms with E-state index in [9.17, 15) is 9.59 Å². The largest absolute Gasteiger partial charge is 0.487 e. The number of aryl methyl sites for hydroxylation is 1. The van der Waals surface area contributed by atoms with Gasteiger partial charge in [-0.15, -0.1) is 0 Å². The number of rotatable bonds is 7. The highest BCUT2D eigenvalue weighted by Crippen LogP contribution is 2.34. The van der Waals surface area contributed by atoms with E-state index in [1.807, 2.05) is 42.5 Å². The van der Waals surface area contributed by atoms with Crippen LogP contribution in [0.1, 0.15) is 34.9 Å². The zero-order chi connectivity index (χ0) is 19.2. The molecule has 0 spiro atoms. The van der Waals surface area contributed by atoms with Crippen molar-refractivity contribution >= 4 is 5.97 Å². The van der Waals surface area contributed by atoms with Crippen molar-refractivity contribution in [2.45, 2.75) is 25.9 Å². The highest BCUT2D eigenvalue weighted by atomic mass is 16.5. The number of methoxy groups -OCH3 is 1. The number of aromatic nitrogens is 3. The van der Waals surface area contributed by atoms with Gasteiger partial charge in [-0.3, -0.25) is 19.7 Å². The first kappa shape index (κ1) is 18.4. The fourth-order valence-corrected chi connectivity index (χ4v) is 3.03. The number of pyridine rings is 1. The summed E-state index contributed by atoms with van der Waals surface area (Å²) in [6.45, 7) is 2.07. The quantitative estimate of drug-likeness (QED) is 0.626. The number of benzene rings is 1. The minimum Gasteiger partial charge on any atom is -0.487 e. The Balaban J connectivity index is 1.97. The van der Waals surface area contributed by atoms with Crippen LogP contribution in [0.3, 0.4) is 0 Å². The number of carbonyl (C=O) groups is 1. The summed E-state index contributed by atoms with van der Waals surface area (Å²) in [4.78, 5) is 28.6. The normalized spacial score (nSPS) is 11.8. The molecule has 0 saturated heterocycles. The second-order valence-corrected chi connectivity index (χ2v) is 6.10. The van der Waals surface area contributed by atoms with Gasteiger partial charge < -0.3 is 14.6 Å². The van der Waals surface area contributed by atoms with Crippen molar-refractivity contribution in [2.24, 2.45) is 0 Å². The first-order chi connectivity index (χ1) is 13.1. The van der Waals surface area contributed by atoms with Crippen molar-refractivity contribution in [1.82, 2.24) is 15.2 Å². The van der Waals surface area contributed by atoms with Gasteiger partial charge in [-0.25, -0.2) is 0 Å². The van der Waals surface area contributed by atoms with Crippen LogP contribution in [0.5, 0.6) is 5.75 Å². The molecule has 0 saturated carbocycles. The van der Waals surface area contributed by atoms with Crippen LogP contribution in [0.2, 0.25) is 0 Å². The third-order valence-corrected chi connectivity index (χ3v) is 4.36. The first-order valence-electron chi connectivity index (χ1n) is 8.55. The number of aromatic amines is 2. The van der Waals surface area contributed by atoms with Crippen molar-refractivity contribution in [3.05, 3.63) is 81.5 Å². The van der Waals surface area contributed by atoms with Gasteiger partial charge in [0.2, 0.25) is 0 Å². The van der Waals surface area contributed by atoms with Gasteiger partial charge in [-0.05, 0) is 25.1 Å². The Labute approximate surface area is 156 Å². The second-order valence-electron chi connectivity index (χ2n) is 6.10. The SMILES string of the molecule is COC(=O)CC(c1ccccc1OCc1ccccn1)c1c(C)[nH][nH]c1=O. The van der Waals surface area contributed by atoms with E-state index < -0.39 is 11.9 Å². The Bertz CT molecular complexity index is 963. The summed E-state index contributed by atoms with van der Waals surface area (Å²) < 4.78 is 10.8. The van der Waals surface area contributed by atoms with Gasteiger partial charge in [-0.2, -0.15) is 0 Å². The van der Waals surface area contributed by atoms with Crippen molar-refractivity contribution in [2.75, 3.05) is 7.11 Å². The van der Waals surface area contributed by atoms with Gasteiger partial charge in [0.1, 0.15) is 12.4 Å². The van der Waals surface area contributed by atoms with Gasteiger partial charge in [0.25, 0.3) is 5.56 Å². The summed E-state index contributed by atoms with van der Waals surface area (Å²) in [5.41, 5.74) is 2.43. The van der Waals surface area contributed by atoms with Gasteiger partial charge in [0.15, 0.2) is 0 Å². The van der Waals surface area contributed by atoms with Crippen LogP contribution in [-0.4, -0.2) is 28.3 Å². The van der Waals surface area contributed by atoms with Gasteiger partial charge in [-0.1, -0.05) is 24.3 Å². The molecule has 0 aliphatic rings. The molecule has 3 rings (SSSR count). The Hall–Kier alpha value is -3.35. The average Bonchev–Trinajstić information content (AvgIpc) is 3.03. The zero-order valence-corrected chi connectivity index (χ0v) is 15.2. The molecule has 0 aliphatic carbocycles. The highest BCUT2D eigenvalue weighted by Gasteiger charge is 2.27. The Morgan fingerprint density at radius 3 is 2.59 bits per heavy atom. The molecule has 2 N–H and O–H groups in total. The van der Waals surface area contributed by atoms with Gasteiger partial charge in [0.05, 0.1) is 19.2 Å². The van der Waals surface area contributed by atoms with E-state index in [4.69, 9.17) is 9.47 Å². The van der Waals surface area contributed by atoms with Crippen molar-refractivity contribution < 1.29 is 14.3 Å². The molecule has 1 atom stereocenters. The van der Waals surface area contributed by atoms with E-state index in [1.54, 1.807) is 13.1 Å².